The van der Waals surface area contributed by atoms with Gasteiger partial charge in [0.05, 0.1) is 28.2 Å². The van der Waals surface area contributed by atoms with Gasteiger partial charge in [-0.15, -0.1) is 10.2 Å². The van der Waals surface area contributed by atoms with Crippen LogP contribution in [0.3, 0.4) is 0 Å². The van der Waals surface area contributed by atoms with Crippen LogP contribution in [0.15, 0.2) is 17.0 Å². The summed E-state index contributed by atoms with van der Waals surface area (Å²) in [4.78, 5) is 15.9. The molecule has 1 aliphatic carbocycles. The number of anilines is 1. The minimum Gasteiger partial charge on any atom is -0.366 e. The first-order valence-corrected chi connectivity index (χ1v) is 14.1. The standard InChI is InChI=1S/C22H25F2N9O3S2/c1-12(26)21(34)33-7-5-32(6-8-33)15-10-13(38(35,36)30-22(11-25)3-4-22)9-14-16(29-31(2)17(14)15)19-27-28-20(37-19)18(23)24/h9-10,12,18,30H,3-8,26H2,1-2H3/t12-/m1/s1. The molecule has 1 saturated carbocycles. The molecule has 12 nitrogen and oxygen atoms in total. The van der Waals surface area contributed by atoms with Crippen molar-refractivity contribution in [2.75, 3.05) is 31.1 Å². The lowest BCUT2D eigenvalue weighted by Crippen LogP contribution is -2.52. The number of halogens is 2. The van der Waals surface area contributed by atoms with E-state index in [0.717, 1.165) is 0 Å². The molecule has 1 aromatic carbocycles. The van der Waals surface area contributed by atoms with Crippen LogP contribution < -0.4 is 15.4 Å². The fraction of sp³-hybridized carbons (Fsp3) is 0.500. The first kappa shape index (κ1) is 26.4. The van der Waals surface area contributed by atoms with Crippen molar-refractivity contribution in [1.29, 1.82) is 5.26 Å². The normalized spacial score (nSPS) is 18.1. The van der Waals surface area contributed by atoms with E-state index in [-0.39, 0.29) is 21.5 Å². The summed E-state index contributed by atoms with van der Waals surface area (Å²) >= 11 is 0.681. The Labute approximate surface area is 221 Å². The Balaban J connectivity index is 1.62. The van der Waals surface area contributed by atoms with Gasteiger partial charge in [0, 0.05) is 38.6 Å². The number of rotatable bonds is 7. The summed E-state index contributed by atoms with van der Waals surface area (Å²) in [5.74, 6) is -0.171. The lowest BCUT2D eigenvalue weighted by atomic mass is 10.1. The third-order valence-electron chi connectivity index (χ3n) is 6.65. The highest BCUT2D eigenvalue weighted by atomic mass is 32.2. The van der Waals surface area contributed by atoms with Gasteiger partial charge >= 0.3 is 0 Å². The average Bonchev–Trinajstić information content (AvgIpc) is 3.31. The van der Waals surface area contributed by atoms with Crippen molar-refractivity contribution in [1.82, 2.24) is 29.6 Å². The van der Waals surface area contributed by atoms with E-state index in [4.69, 9.17) is 5.73 Å². The van der Waals surface area contributed by atoms with Crippen LogP contribution in [0.5, 0.6) is 0 Å². The molecule has 202 valence electrons. The number of nitriles is 1. The van der Waals surface area contributed by atoms with Gasteiger partial charge in [0.15, 0.2) is 10.0 Å². The van der Waals surface area contributed by atoms with Crippen LogP contribution in [0.25, 0.3) is 21.6 Å². The molecule has 3 N–H and O–H groups in total. The Morgan fingerprint density at radius 2 is 1.92 bits per heavy atom. The van der Waals surface area contributed by atoms with E-state index in [1.807, 2.05) is 11.0 Å². The number of hydrogen-bond donors (Lipinski definition) is 2. The van der Waals surface area contributed by atoms with E-state index in [0.29, 0.717) is 66.9 Å². The monoisotopic (exact) mass is 565 g/mol. The molecule has 3 aromatic rings. The molecule has 5 rings (SSSR count). The second kappa shape index (κ2) is 9.49. The number of fused-ring (bicyclic) bond motifs is 1. The predicted molar refractivity (Wildman–Crippen MR) is 135 cm³/mol. The fourth-order valence-corrected chi connectivity index (χ4v) is 6.59. The number of nitrogens with two attached hydrogens (primary N) is 1. The number of amides is 1. The van der Waals surface area contributed by atoms with E-state index in [2.05, 4.69) is 20.0 Å². The van der Waals surface area contributed by atoms with Crippen molar-refractivity contribution in [3.8, 4) is 16.8 Å². The van der Waals surface area contributed by atoms with E-state index in [1.165, 1.54) is 12.1 Å². The molecule has 1 amide bonds. The number of piperazine rings is 1. The van der Waals surface area contributed by atoms with Crippen LogP contribution in [-0.4, -0.2) is 77.0 Å². The van der Waals surface area contributed by atoms with Gasteiger partial charge in [0.25, 0.3) is 6.43 Å². The number of benzene rings is 1. The lowest BCUT2D eigenvalue weighted by molar-refractivity contribution is -0.132. The molecular weight excluding hydrogens is 540 g/mol. The Hall–Kier alpha value is -3.26. The van der Waals surface area contributed by atoms with Crippen LogP contribution >= 0.6 is 11.3 Å². The highest BCUT2D eigenvalue weighted by Gasteiger charge is 2.47. The van der Waals surface area contributed by atoms with E-state index >= 15 is 0 Å². The molecule has 0 bridgehead atoms. The summed E-state index contributed by atoms with van der Waals surface area (Å²) in [6, 6.07) is 4.31. The molecule has 2 aromatic heterocycles. The van der Waals surface area contributed by atoms with Crippen LogP contribution in [0.4, 0.5) is 14.5 Å². The number of nitrogens with zero attached hydrogens (tertiary/aromatic N) is 7. The van der Waals surface area contributed by atoms with Gasteiger partial charge in [0.1, 0.15) is 11.2 Å². The Morgan fingerprint density at radius 3 is 2.47 bits per heavy atom. The summed E-state index contributed by atoms with van der Waals surface area (Å²) in [7, 11) is -2.46. The van der Waals surface area contributed by atoms with E-state index < -0.39 is 33.0 Å². The Kier molecular flexibility index (Phi) is 6.58. The minimum absolute atomic E-state index is 0.0940. The summed E-state index contributed by atoms with van der Waals surface area (Å²) in [5.41, 5.74) is 5.94. The van der Waals surface area contributed by atoms with Crippen LogP contribution in [0, 0.1) is 11.3 Å². The quantitative estimate of drug-likeness (QED) is 0.431. The molecular formula is C22H25F2N9O3S2. The Bertz CT molecular complexity index is 1550. The zero-order chi connectivity index (χ0) is 27.4. The molecule has 16 heteroatoms. The van der Waals surface area contributed by atoms with Gasteiger partial charge in [-0.2, -0.15) is 15.1 Å². The molecule has 2 fully saturated rings. The maximum Gasteiger partial charge on any atom is 0.291 e. The van der Waals surface area contributed by atoms with E-state index in [1.54, 1.807) is 23.6 Å². The largest absolute Gasteiger partial charge is 0.366 e. The summed E-state index contributed by atoms with van der Waals surface area (Å²) in [6.07, 6.45) is -1.98. The highest BCUT2D eigenvalue weighted by Crippen LogP contribution is 2.40. The first-order chi connectivity index (χ1) is 17.9. The summed E-state index contributed by atoms with van der Waals surface area (Å²) in [5, 5.41) is 21.4. The number of sulfonamides is 1. The molecule has 0 spiro atoms. The zero-order valence-corrected chi connectivity index (χ0v) is 22.2. The van der Waals surface area contributed by atoms with Crippen LogP contribution in [0.1, 0.15) is 31.2 Å². The number of aryl methyl sites for hydroxylation is 1. The van der Waals surface area contributed by atoms with Gasteiger partial charge in [-0.3, -0.25) is 9.48 Å². The van der Waals surface area contributed by atoms with Crippen molar-refractivity contribution < 1.29 is 22.0 Å². The molecule has 1 atom stereocenters. The highest BCUT2D eigenvalue weighted by molar-refractivity contribution is 7.89. The number of nitrogens with one attached hydrogen (secondary N) is 1. The molecule has 1 saturated heterocycles. The van der Waals surface area contributed by atoms with Crippen molar-refractivity contribution in [3.63, 3.8) is 0 Å². The number of alkyl halides is 2. The van der Waals surface area contributed by atoms with Crippen molar-refractivity contribution in [2.24, 2.45) is 12.8 Å². The number of aromatic nitrogens is 4. The van der Waals surface area contributed by atoms with Crippen LogP contribution in [-0.2, 0) is 21.9 Å². The zero-order valence-electron chi connectivity index (χ0n) is 20.6. The first-order valence-electron chi connectivity index (χ1n) is 11.8. The maximum absolute atomic E-state index is 13.4. The summed E-state index contributed by atoms with van der Waals surface area (Å²) in [6.45, 7) is 3.20. The molecule has 2 aliphatic rings. The number of carbonyl (C=O) groups is 1. The Morgan fingerprint density at radius 1 is 1.24 bits per heavy atom. The summed E-state index contributed by atoms with van der Waals surface area (Å²) < 4.78 is 57.2. The van der Waals surface area contributed by atoms with Gasteiger partial charge in [-0.25, -0.2) is 17.2 Å². The van der Waals surface area contributed by atoms with Gasteiger partial charge in [-0.05, 0) is 31.9 Å². The maximum atomic E-state index is 13.4. The topological polar surface area (TPSA) is 163 Å². The van der Waals surface area contributed by atoms with Gasteiger partial charge < -0.3 is 15.5 Å². The third kappa shape index (κ3) is 4.70. The van der Waals surface area contributed by atoms with E-state index in [9.17, 15) is 27.3 Å². The minimum atomic E-state index is -4.12. The van der Waals surface area contributed by atoms with Crippen molar-refractivity contribution in [3.05, 3.63) is 17.1 Å². The predicted octanol–water partition coefficient (Wildman–Crippen LogP) is 1.36. The molecule has 3 heterocycles. The average molecular weight is 566 g/mol. The molecule has 0 radical (unpaired) electrons. The number of carbonyl (C=O) groups excluding carboxylic acids is 1. The van der Waals surface area contributed by atoms with Gasteiger partial charge in [0.2, 0.25) is 15.9 Å². The number of hydrogen-bond acceptors (Lipinski definition) is 10. The second-order valence-corrected chi connectivity index (χ2v) is 12.1. The second-order valence-electron chi connectivity index (χ2n) is 9.46. The molecule has 38 heavy (non-hydrogen) atoms. The van der Waals surface area contributed by atoms with Crippen LogP contribution in [0.2, 0.25) is 0 Å². The third-order valence-corrected chi connectivity index (χ3v) is 9.10. The fourth-order valence-electron chi connectivity index (χ4n) is 4.47. The lowest BCUT2D eigenvalue weighted by Gasteiger charge is -2.37. The van der Waals surface area contributed by atoms with Crippen molar-refractivity contribution in [2.45, 2.75) is 42.7 Å². The smallest absolute Gasteiger partial charge is 0.291 e. The van der Waals surface area contributed by atoms with Gasteiger partial charge in [-0.1, -0.05) is 11.3 Å². The molecule has 1 aliphatic heterocycles. The SMILES string of the molecule is C[C@@H](N)C(=O)N1CCN(c2cc(S(=O)(=O)NC3(C#N)CC3)cc3c(-c4nnc(C(F)F)s4)nn(C)c23)CC1. The molecule has 0 unspecified atom stereocenters. The van der Waals surface area contributed by atoms with Crippen molar-refractivity contribution >= 4 is 43.9 Å².